The first-order valence-electron chi connectivity index (χ1n) is 25.8. The Balaban J connectivity index is 0.945. The van der Waals surface area contributed by atoms with Gasteiger partial charge >= 0.3 is 0 Å². The molecule has 1 fully saturated rings. The van der Waals surface area contributed by atoms with Gasteiger partial charge in [0.1, 0.15) is 11.5 Å². The maximum atomic E-state index is 7.85. The molecule has 0 N–H and O–H groups in total. The third kappa shape index (κ3) is 8.46. The van der Waals surface area contributed by atoms with Crippen LogP contribution in [0.15, 0.2) is 195 Å². The molecule has 1 atom stereocenters. The molecule has 1 aliphatic heterocycles. The van der Waals surface area contributed by atoms with Crippen LogP contribution in [0.2, 0.25) is 38.3 Å². The summed E-state index contributed by atoms with van der Waals surface area (Å²) in [6, 6.07) is 69.6. The van der Waals surface area contributed by atoms with E-state index in [1.807, 2.05) is 6.08 Å². The Bertz CT molecular complexity index is 3200. The molecule has 8 aromatic rings. The van der Waals surface area contributed by atoms with Crippen molar-refractivity contribution in [2.75, 3.05) is 7.11 Å². The number of fused-ring (bicyclic) bond motifs is 10. The van der Waals surface area contributed by atoms with Crippen LogP contribution in [0, 0.1) is 0 Å². The van der Waals surface area contributed by atoms with Crippen molar-refractivity contribution in [1.29, 1.82) is 0 Å². The van der Waals surface area contributed by atoms with E-state index < -0.39 is 22.2 Å². The number of rotatable bonds is 14. The van der Waals surface area contributed by atoms with Gasteiger partial charge < -0.3 is 13.6 Å². The summed E-state index contributed by atoms with van der Waals surface area (Å²) in [4.78, 5) is 0. The van der Waals surface area contributed by atoms with Crippen molar-refractivity contribution < 1.29 is 13.6 Å². The first-order chi connectivity index (χ1) is 34.5. The van der Waals surface area contributed by atoms with Gasteiger partial charge in [0.05, 0.1) is 7.11 Å². The van der Waals surface area contributed by atoms with Crippen molar-refractivity contribution >= 4 is 39.6 Å². The highest BCUT2D eigenvalue weighted by Gasteiger charge is 2.53. The summed E-state index contributed by atoms with van der Waals surface area (Å²) in [6.45, 7) is 13.5. The highest BCUT2D eigenvalue weighted by atomic mass is 28.4. The van der Waals surface area contributed by atoms with Crippen molar-refractivity contribution in [3.8, 4) is 22.6 Å². The molecule has 1 heterocycles. The zero-order chi connectivity index (χ0) is 48.9. The molecule has 5 heteroatoms. The Hall–Kier alpha value is -6.51. The Morgan fingerprint density at radius 1 is 0.549 bits per heavy atom. The second kappa shape index (κ2) is 18.6. The minimum absolute atomic E-state index is 0.0764. The number of hydrogen-bond acceptors (Lipinski definition) is 3. The van der Waals surface area contributed by atoms with Gasteiger partial charge in [-0.25, -0.2) is 0 Å². The smallest absolute Gasteiger partial charge is 0.178 e. The number of benzene rings is 8. The van der Waals surface area contributed by atoms with E-state index in [1.165, 1.54) is 55.5 Å². The molecule has 71 heavy (non-hydrogen) atoms. The predicted molar refractivity (Wildman–Crippen MR) is 302 cm³/mol. The van der Waals surface area contributed by atoms with Crippen LogP contribution in [-0.2, 0) is 33.4 Å². The molecule has 0 radical (unpaired) electrons. The van der Waals surface area contributed by atoms with Crippen molar-refractivity contribution in [3.63, 3.8) is 0 Å². The lowest BCUT2D eigenvalue weighted by molar-refractivity contribution is 0.162. The first kappa shape index (κ1) is 46.9. The number of methoxy groups -OCH3 is 1. The topological polar surface area (TPSA) is 27.7 Å². The lowest BCUT2D eigenvalue weighted by Gasteiger charge is -2.48. The Labute approximate surface area is 424 Å². The van der Waals surface area contributed by atoms with Crippen molar-refractivity contribution in [1.82, 2.24) is 0 Å². The summed E-state index contributed by atoms with van der Waals surface area (Å²) in [7, 11) is -2.10. The molecular weight excluding hydrogens is 897 g/mol. The van der Waals surface area contributed by atoms with Crippen molar-refractivity contribution in [3.05, 3.63) is 250 Å². The second-order valence-corrected chi connectivity index (χ2v) is 30.5. The first-order valence-corrected chi connectivity index (χ1v) is 32.0. The summed E-state index contributed by atoms with van der Waals surface area (Å²) in [5, 5.41) is 2.40. The lowest BCUT2D eigenvalue weighted by Crippen LogP contribution is -2.44. The van der Waals surface area contributed by atoms with E-state index in [2.05, 4.69) is 227 Å². The molecule has 8 aromatic carbocycles. The average Bonchev–Trinajstić information content (AvgIpc) is 3.70. The molecule has 3 aliphatic rings. The molecule has 356 valence electrons. The highest BCUT2D eigenvalue weighted by Crippen LogP contribution is 2.64. The fraction of sp³-hybridized carbons (Fsp3) is 0.242. The van der Waals surface area contributed by atoms with Gasteiger partial charge in [0, 0.05) is 32.9 Å². The minimum atomic E-state index is -1.95. The average molecular weight is 963 g/mol. The summed E-state index contributed by atoms with van der Waals surface area (Å²) >= 11 is 0. The third-order valence-corrected chi connectivity index (χ3v) is 23.8. The second-order valence-electron chi connectivity index (χ2n) is 21.6. The Morgan fingerprint density at radius 2 is 1.06 bits per heavy atom. The van der Waals surface area contributed by atoms with Gasteiger partial charge in [0.15, 0.2) is 22.2 Å². The third-order valence-electron chi connectivity index (χ3n) is 16.5. The molecule has 0 aromatic heterocycles. The van der Waals surface area contributed by atoms with Crippen LogP contribution in [-0.4, -0.2) is 23.7 Å². The molecule has 2 aliphatic carbocycles. The molecule has 0 amide bonds. The van der Waals surface area contributed by atoms with E-state index in [9.17, 15) is 0 Å². The monoisotopic (exact) mass is 962 g/mol. The van der Waals surface area contributed by atoms with Gasteiger partial charge in [0.2, 0.25) is 0 Å². The normalized spacial score (nSPS) is 17.5. The van der Waals surface area contributed by atoms with E-state index in [4.69, 9.17) is 13.6 Å². The van der Waals surface area contributed by atoms with Crippen molar-refractivity contribution in [2.24, 2.45) is 0 Å². The lowest BCUT2D eigenvalue weighted by atomic mass is 9.56. The van der Waals surface area contributed by atoms with E-state index in [0.29, 0.717) is 0 Å². The molecule has 0 bridgehead atoms. The van der Waals surface area contributed by atoms with Gasteiger partial charge in [-0.05, 0) is 150 Å². The summed E-state index contributed by atoms with van der Waals surface area (Å²) in [5.74, 6) is 1.78. The summed E-state index contributed by atoms with van der Waals surface area (Å²) in [5.41, 5.74) is 14.5. The van der Waals surface area contributed by atoms with Gasteiger partial charge in [-0.2, -0.15) is 0 Å². The van der Waals surface area contributed by atoms with Crippen LogP contribution in [0.3, 0.4) is 0 Å². The predicted octanol–water partition coefficient (Wildman–Crippen LogP) is 16.9. The molecular formula is C66H66O3Si2. The molecule has 0 saturated heterocycles. The largest absolute Gasteiger partial charge is 0.497 e. The molecule has 11 rings (SSSR count). The van der Waals surface area contributed by atoms with Crippen LogP contribution in [0.4, 0.5) is 0 Å². The van der Waals surface area contributed by atoms with E-state index in [0.717, 1.165) is 84.2 Å². The zero-order valence-corrected chi connectivity index (χ0v) is 44.1. The maximum Gasteiger partial charge on any atom is 0.178 e. The van der Waals surface area contributed by atoms with Crippen LogP contribution in [0.25, 0.3) is 34.1 Å². The van der Waals surface area contributed by atoms with Crippen molar-refractivity contribution in [2.45, 2.75) is 93.2 Å². The van der Waals surface area contributed by atoms with E-state index >= 15 is 0 Å². The van der Waals surface area contributed by atoms with Crippen LogP contribution < -0.4 is 9.47 Å². The van der Waals surface area contributed by atoms with Gasteiger partial charge in [0.25, 0.3) is 0 Å². The molecule has 3 nitrogen and oxygen atoms in total. The number of hydrogen-bond donors (Lipinski definition) is 0. The standard InChI is InChI=1S/C66H66O3Si2/c1-7-48-26-28-49(29-27-48)39-46-70(3,4)69-71(5,6)47-40-50-30-32-53(33-31-50)66(54-34-36-55(67-2)37-35-54)41-38-59-62-61(56-22-14-15-23-57(56)63(59)68-66)58-24-16-17-25-60(58)65(62)44-42-64(43-45-65,51-18-10-8-11-19-51)52-20-12-9-13-21-52/h7-38,41H,1,39-40,42-47H2,2-6H3. The quantitative estimate of drug-likeness (QED) is 0.102. The van der Waals surface area contributed by atoms with E-state index in [1.54, 1.807) is 7.11 Å². The maximum absolute atomic E-state index is 7.85. The Kier molecular flexibility index (Phi) is 12.3. The molecule has 1 saturated carbocycles. The Morgan fingerprint density at radius 3 is 1.63 bits per heavy atom. The molecule has 1 unspecified atom stereocenters. The van der Waals surface area contributed by atoms with Crippen LogP contribution in [0.1, 0.15) is 81.3 Å². The minimum Gasteiger partial charge on any atom is -0.497 e. The summed E-state index contributed by atoms with van der Waals surface area (Å²) < 4.78 is 20.7. The van der Waals surface area contributed by atoms with Gasteiger partial charge in [-0.1, -0.05) is 189 Å². The van der Waals surface area contributed by atoms with Crippen LogP contribution in [0.5, 0.6) is 11.5 Å². The number of ether oxygens (including phenoxy) is 2. The SMILES string of the molecule is C=Cc1ccc(CC[Si](C)(C)O[Si](C)(C)CCc2ccc(C3(c4ccc(OC)cc4)C=Cc4c5c(c6ccccc6c4O3)-c3ccccc3C53CCC(c4ccccc4)(c4ccccc4)CC3)cc2)cc1. The highest BCUT2D eigenvalue weighted by molar-refractivity contribution is 6.84. The van der Waals surface area contributed by atoms with Gasteiger partial charge in [-0.15, -0.1) is 0 Å². The van der Waals surface area contributed by atoms with E-state index in [-0.39, 0.29) is 10.8 Å². The fourth-order valence-electron chi connectivity index (χ4n) is 12.8. The number of aryl methyl sites for hydroxylation is 2. The molecule has 1 spiro atoms. The van der Waals surface area contributed by atoms with Gasteiger partial charge in [-0.3, -0.25) is 0 Å². The zero-order valence-electron chi connectivity index (χ0n) is 42.1. The summed E-state index contributed by atoms with van der Waals surface area (Å²) in [6.07, 6.45) is 12.9. The van der Waals surface area contributed by atoms with Crippen LogP contribution >= 0.6 is 0 Å². The fourth-order valence-corrected chi connectivity index (χ4v) is 21.4.